The van der Waals surface area contributed by atoms with Gasteiger partial charge in [0, 0.05) is 12.3 Å². The van der Waals surface area contributed by atoms with Crippen molar-refractivity contribution < 1.29 is 14.6 Å². The van der Waals surface area contributed by atoms with Crippen molar-refractivity contribution in [1.82, 2.24) is 4.98 Å². The number of hydrogen-bond donors (Lipinski definition) is 1. The third-order valence-electron chi connectivity index (χ3n) is 3.03. The summed E-state index contributed by atoms with van der Waals surface area (Å²) in [7, 11) is 0. The Morgan fingerprint density at radius 1 is 1.10 bits per heavy atom. The number of rotatable bonds is 3. The lowest BCUT2D eigenvalue weighted by Crippen LogP contribution is -1.97. The van der Waals surface area contributed by atoms with Crippen LogP contribution in [0.25, 0.3) is 10.8 Å². The van der Waals surface area contributed by atoms with Gasteiger partial charge in [0.25, 0.3) is 0 Å². The summed E-state index contributed by atoms with van der Waals surface area (Å²) in [6.07, 6.45) is 1.27. The first-order chi connectivity index (χ1) is 10.1. The van der Waals surface area contributed by atoms with E-state index >= 15 is 0 Å². The monoisotopic (exact) mass is 343 g/mol. The molecule has 0 unspecified atom stereocenters. The van der Waals surface area contributed by atoms with E-state index in [1.165, 1.54) is 18.3 Å². The zero-order valence-corrected chi connectivity index (χ0v) is 12.4. The van der Waals surface area contributed by atoms with Gasteiger partial charge in [0.15, 0.2) is 0 Å². The average molecular weight is 344 g/mol. The second-order valence-electron chi connectivity index (χ2n) is 4.39. The molecule has 0 radical (unpaired) electrons. The molecule has 0 saturated heterocycles. The van der Waals surface area contributed by atoms with Crippen molar-refractivity contribution in [1.29, 1.82) is 0 Å². The zero-order valence-electron chi connectivity index (χ0n) is 10.8. The van der Waals surface area contributed by atoms with Crippen molar-refractivity contribution in [2.45, 2.75) is 0 Å². The zero-order chi connectivity index (χ0) is 14.8. The average Bonchev–Trinajstić information content (AvgIpc) is 2.51. The minimum atomic E-state index is -1.01. The minimum Gasteiger partial charge on any atom is -0.478 e. The van der Waals surface area contributed by atoms with Gasteiger partial charge in [-0.25, -0.2) is 9.78 Å². The summed E-state index contributed by atoms with van der Waals surface area (Å²) >= 11 is 3.53. The number of pyridine rings is 1. The predicted octanol–water partition coefficient (Wildman–Crippen LogP) is 4.49. The first-order valence-corrected chi connectivity index (χ1v) is 6.99. The summed E-state index contributed by atoms with van der Waals surface area (Å²) in [6.45, 7) is 0. The molecule has 5 heteroatoms. The number of halogens is 1. The van der Waals surface area contributed by atoms with E-state index in [4.69, 9.17) is 9.84 Å². The molecule has 0 aliphatic rings. The Morgan fingerprint density at radius 2 is 1.90 bits per heavy atom. The van der Waals surface area contributed by atoms with E-state index in [0.717, 1.165) is 15.2 Å². The number of fused-ring (bicyclic) bond motifs is 1. The summed E-state index contributed by atoms with van der Waals surface area (Å²) < 4.78 is 6.54. The van der Waals surface area contributed by atoms with Gasteiger partial charge in [-0.3, -0.25) is 0 Å². The second kappa shape index (κ2) is 5.54. The van der Waals surface area contributed by atoms with E-state index in [-0.39, 0.29) is 5.56 Å². The SMILES string of the molecule is O=C(O)c1ccc(Oc2ccc3ccccc3c2Br)nc1. The Labute approximate surface area is 129 Å². The molecule has 1 aromatic heterocycles. The fourth-order valence-corrected chi connectivity index (χ4v) is 2.55. The maximum absolute atomic E-state index is 10.8. The van der Waals surface area contributed by atoms with Gasteiger partial charge in [0.2, 0.25) is 5.88 Å². The quantitative estimate of drug-likeness (QED) is 0.761. The number of ether oxygens (including phenoxy) is 1. The number of benzene rings is 2. The molecule has 0 saturated carbocycles. The Balaban J connectivity index is 1.94. The number of hydrogen-bond acceptors (Lipinski definition) is 3. The molecule has 0 atom stereocenters. The van der Waals surface area contributed by atoms with Crippen molar-refractivity contribution in [2.75, 3.05) is 0 Å². The number of carbonyl (C=O) groups is 1. The lowest BCUT2D eigenvalue weighted by Gasteiger charge is -2.09. The fraction of sp³-hybridized carbons (Fsp3) is 0. The first-order valence-electron chi connectivity index (χ1n) is 6.19. The third kappa shape index (κ3) is 2.73. The Kier molecular flexibility index (Phi) is 3.58. The van der Waals surface area contributed by atoms with E-state index in [0.29, 0.717) is 11.6 Å². The summed E-state index contributed by atoms with van der Waals surface area (Å²) in [5.41, 5.74) is 0.125. The number of aromatic nitrogens is 1. The molecule has 104 valence electrons. The minimum absolute atomic E-state index is 0.125. The molecule has 0 amide bonds. The molecule has 4 nitrogen and oxygen atoms in total. The van der Waals surface area contributed by atoms with E-state index in [1.807, 2.05) is 36.4 Å². The van der Waals surface area contributed by atoms with Crippen LogP contribution in [0, 0.1) is 0 Å². The van der Waals surface area contributed by atoms with Gasteiger partial charge in [0.05, 0.1) is 10.0 Å². The van der Waals surface area contributed by atoms with E-state index in [2.05, 4.69) is 20.9 Å². The fourth-order valence-electron chi connectivity index (χ4n) is 1.97. The molecule has 0 aliphatic carbocycles. The molecule has 1 heterocycles. The molecule has 0 bridgehead atoms. The van der Waals surface area contributed by atoms with E-state index < -0.39 is 5.97 Å². The van der Waals surface area contributed by atoms with Gasteiger partial charge in [0.1, 0.15) is 5.75 Å². The molecule has 3 aromatic rings. The van der Waals surface area contributed by atoms with Crippen LogP contribution in [0.1, 0.15) is 10.4 Å². The van der Waals surface area contributed by atoms with Crippen LogP contribution in [0.2, 0.25) is 0 Å². The van der Waals surface area contributed by atoms with Gasteiger partial charge in [-0.05, 0) is 38.8 Å². The smallest absolute Gasteiger partial charge is 0.337 e. The van der Waals surface area contributed by atoms with Crippen molar-refractivity contribution >= 4 is 32.7 Å². The maximum atomic E-state index is 10.8. The van der Waals surface area contributed by atoms with Crippen LogP contribution in [0.15, 0.2) is 59.2 Å². The van der Waals surface area contributed by atoms with Gasteiger partial charge >= 0.3 is 5.97 Å². The first kappa shape index (κ1) is 13.6. The van der Waals surface area contributed by atoms with Gasteiger partial charge in [-0.1, -0.05) is 30.3 Å². The van der Waals surface area contributed by atoms with Crippen LogP contribution in [0.5, 0.6) is 11.6 Å². The van der Waals surface area contributed by atoms with Gasteiger partial charge < -0.3 is 9.84 Å². The van der Waals surface area contributed by atoms with Crippen LogP contribution in [0.4, 0.5) is 0 Å². The summed E-state index contributed by atoms with van der Waals surface area (Å²) in [6, 6.07) is 14.7. The highest BCUT2D eigenvalue weighted by molar-refractivity contribution is 9.10. The summed E-state index contributed by atoms with van der Waals surface area (Å²) in [4.78, 5) is 14.8. The Hall–Kier alpha value is -2.40. The van der Waals surface area contributed by atoms with Crippen LogP contribution in [-0.2, 0) is 0 Å². The van der Waals surface area contributed by atoms with Crippen LogP contribution in [0.3, 0.4) is 0 Å². The van der Waals surface area contributed by atoms with Crippen LogP contribution < -0.4 is 4.74 Å². The Morgan fingerprint density at radius 3 is 2.62 bits per heavy atom. The van der Waals surface area contributed by atoms with Crippen molar-refractivity contribution in [3.8, 4) is 11.6 Å². The van der Waals surface area contributed by atoms with Crippen molar-refractivity contribution in [3.63, 3.8) is 0 Å². The van der Waals surface area contributed by atoms with Crippen LogP contribution in [-0.4, -0.2) is 16.1 Å². The topological polar surface area (TPSA) is 59.4 Å². The molecule has 21 heavy (non-hydrogen) atoms. The van der Waals surface area contributed by atoms with Crippen LogP contribution >= 0.6 is 15.9 Å². The maximum Gasteiger partial charge on any atom is 0.337 e. The van der Waals surface area contributed by atoms with E-state index in [1.54, 1.807) is 0 Å². The standard InChI is InChI=1S/C16H10BrNO3/c17-15-12-4-2-1-3-10(12)5-7-13(15)21-14-8-6-11(9-18-14)16(19)20/h1-9H,(H,19,20). The lowest BCUT2D eigenvalue weighted by molar-refractivity contribution is 0.0696. The molecule has 2 aromatic carbocycles. The van der Waals surface area contributed by atoms with Gasteiger partial charge in [-0.2, -0.15) is 0 Å². The summed E-state index contributed by atoms with van der Waals surface area (Å²) in [5, 5.41) is 11.0. The number of nitrogens with zero attached hydrogens (tertiary/aromatic N) is 1. The number of carboxylic acid groups (broad SMARTS) is 1. The number of aromatic carboxylic acids is 1. The largest absolute Gasteiger partial charge is 0.478 e. The van der Waals surface area contributed by atoms with Gasteiger partial charge in [-0.15, -0.1) is 0 Å². The summed E-state index contributed by atoms with van der Waals surface area (Å²) in [5.74, 6) is -0.0406. The molecular formula is C16H10BrNO3. The molecule has 3 rings (SSSR count). The Bertz CT molecular complexity index is 815. The predicted molar refractivity (Wildman–Crippen MR) is 82.9 cm³/mol. The normalized spacial score (nSPS) is 10.5. The number of carboxylic acids is 1. The molecule has 1 N–H and O–H groups in total. The van der Waals surface area contributed by atoms with Crippen molar-refractivity contribution in [3.05, 3.63) is 64.8 Å². The molecule has 0 fully saturated rings. The highest BCUT2D eigenvalue weighted by Crippen LogP contribution is 2.35. The highest BCUT2D eigenvalue weighted by Gasteiger charge is 2.09. The second-order valence-corrected chi connectivity index (χ2v) is 5.18. The third-order valence-corrected chi connectivity index (χ3v) is 3.84. The van der Waals surface area contributed by atoms with Crippen molar-refractivity contribution in [2.24, 2.45) is 0 Å². The highest BCUT2D eigenvalue weighted by atomic mass is 79.9. The molecular weight excluding hydrogens is 334 g/mol. The van der Waals surface area contributed by atoms with E-state index in [9.17, 15) is 4.79 Å². The molecule has 0 aliphatic heterocycles. The lowest BCUT2D eigenvalue weighted by atomic mass is 10.1. The molecule has 0 spiro atoms.